The van der Waals surface area contributed by atoms with E-state index in [1.54, 1.807) is 49.4 Å². The summed E-state index contributed by atoms with van der Waals surface area (Å²) in [5.74, 6) is -1.13. The number of hydrogen-bond donors (Lipinski definition) is 2. The number of anilines is 1. The number of carbonyl (C=O) groups excluding carboxylic acids is 1. The summed E-state index contributed by atoms with van der Waals surface area (Å²) in [7, 11) is 0. The van der Waals surface area contributed by atoms with Crippen molar-refractivity contribution in [3.05, 3.63) is 70.8 Å². The number of carboxylic acid groups (broad SMARTS) is 1. The summed E-state index contributed by atoms with van der Waals surface area (Å²) < 4.78 is 11.0. The van der Waals surface area contributed by atoms with Crippen molar-refractivity contribution in [2.24, 2.45) is 0 Å². The van der Waals surface area contributed by atoms with E-state index in [4.69, 9.17) is 26.2 Å². The van der Waals surface area contributed by atoms with Crippen LogP contribution < -0.4 is 14.8 Å². The molecule has 31 heavy (non-hydrogen) atoms. The van der Waals surface area contributed by atoms with Gasteiger partial charge in [0.2, 0.25) is 0 Å². The third-order valence-electron chi connectivity index (χ3n) is 3.92. The average Bonchev–Trinajstić information content (AvgIpc) is 2.71. The molecule has 160 valence electrons. The molecule has 2 aromatic carbocycles. The van der Waals surface area contributed by atoms with Crippen LogP contribution in [0.5, 0.6) is 11.5 Å². The summed E-state index contributed by atoms with van der Waals surface area (Å²) in [4.78, 5) is 23.5. The highest BCUT2D eigenvalue weighted by Crippen LogP contribution is 2.34. The molecule has 0 fully saturated rings. The number of nitriles is 1. The minimum atomic E-state index is -1.12. The number of aliphatic carboxylic acids is 1. The molecule has 2 N–H and O–H groups in total. The number of nitrogens with one attached hydrogen (secondary N) is 1. The summed E-state index contributed by atoms with van der Waals surface area (Å²) in [6.07, 6.45) is 3.41. The molecule has 1 amide bonds. The third-order valence-corrected chi connectivity index (χ3v) is 4.15. The topological polar surface area (TPSA) is 109 Å². The molecule has 0 radical (unpaired) electrons. The normalized spacial score (nSPS) is 10.7. The van der Waals surface area contributed by atoms with Crippen molar-refractivity contribution in [2.75, 3.05) is 18.5 Å². The van der Waals surface area contributed by atoms with E-state index < -0.39 is 18.5 Å². The van der Waals surface area contributed by atoms with Gasteiger partial charge in [0.1, 0.15) is 11.6 Å². The van der Waals surface area contributed by atoms with E-state index in [1.165, 1.54) is 6.08 Å². The van der Waals surface area contributed by atoms with Crippen molar-refractivity contribution in [3.8, 4) is 17.6 Å². The molecule has 8 heteroatoms. The number of nitrogens with zero attached hydrogens (tertiary/aromatic N) is 1. The highest BCUT2D eigenvalue weighted by atomic mass is 35.5. The van der Waals surface area contributed by atoms with Gasteiger partial charge in [-0.15, -0.1) is 6.58 Å². The van der Waals surface area contributed by atoms with Gasteiger partial charge in [0, 0.05) is 16.3 Å². The lowest BCUT2D eigenvalue weighted by Gasteiger charge is -2.16. The van der Waals surface area contributed by atoms with Crippen LogP contribution in [0.1, 0.15) is 18.1 Å². The first-order valence-electron chi connectivity index (χ1n) is 9.31. The van der Waals surface area contributed by atoms with Crippen molar-refractivity contribution in [2.45, 2.75) is 13.3 Å². The average molecular weight is 441 g/mol. The zero-order chi connectivity index (χ0) is 22.8. The Morgan fingerprint density at radius 1 is 1.29 bits per heavy atom. The van der Waals surface area contributed by atoms with Gasteiger partial charge in [0.15, 0.2) is 18.1 Å². The van der Waals surface area contributed by atoms with E-state index in [1.807, 2.05) is 6.07 Å². The second kappa shape index (κ2) is 11.4. The number of hydrogen-bond acceptors (Lipinski definition) is 5. The van der Waals surface area contributed by atoms with Gasteiger partial charge < -0.3 is 19.9 Å². The van der Waals surface area contributed by atoms with Crippen molar-refractivity contribution in [3.63, 3.8) is 0 Å². The Morgan fingerprint density at radius 3 is 2.68 bits per heavy atom. The van der Waals surface area contributed by atoms with E-state index in [2.05, 4.69) is 11.9 Å². The highest BCUT2D eigenvalue weighted by molar-refractivity contribution is 6.31. The lowest BCUT2D eigenvalue weighted by atomic mass is 10.0. The van der Waals surface area contributed by atoms with Crippen LogP contribution in [0.2, 0.25) is 5.02 Å². The molecule has 0 aliphatic rings. The van der Waals surface area contributed by atoms with Crippen LogP contribution in [0, 0.1) is 11.3 Å². The quantitative estimate of drug-likeness (QED) is 0.320. The Kier molecular flexibility index (Phi) is 8.67. The van der Waals surface area contributed by atoms with Crippen LogP contribution in [0.15, 0.2) is 54.6 Å². The molecule has 0 aliphatic heterocycles. The summed E-state index contributed by atoms with van der Waals surface area (Å²) in [5, 5.41) is 21.5. The van der Waals surface area contributed by atoms with E-state index in [0.717, 1.165) is 0 Å². The van der Waals surface area contributed by atoms with Gasteiger partial charge in [0.25, 0.3) is 5.91 Å². The van der Waals surface area contributed by atoms with Crippen LogP contribution in [0.25, 0.3) is 6.08 Å². The molecule has 0 heterocycles. The Balaban J connectivity index is 2.42. The molecule has 7 nitrogen and oxygen atoms in total. The number of carboxylic acids is 1. The zero-order valence-electron chi connectivity index (χ0n) is 16.9. The van der Waals surface area contributed by atoms with Crippen LogP contribution >= 0.6 is 11.6 Å². The molecule has 0 spiro atoms. The number of halogens is 1. The number of rotatable bonds is 10. The molecule has 0 saturated heterocycles. The van der Waals surface area contributed by atoms with Gasteiger partial charge in [0.05, 0.1) is 6.61 Å². The smallest absolute Gasteiger partial charge is 0.341 e. The second-order valence-electron chi connectivity index (χ2n) is 6.25. The maximum absolute atomic E-state index is 12.5. The SMILES string of the molecule is C=CCc1cc(/C=C(\C#N)C(=O)Nc2cccc(Cl)c2)cc(OCC)c1OCC(=O)O. The van der Waals surface area contributed by atoms with E-state index >= 15 is 0 Å². The molecular formula is C23H21ClN2O5. The zero-order valence-corrected chi connectivity index (χ0v) is 17.6. The number of amides is 1. The molecular weight excluding hydrogens is 420 g/mol. The standard InChI is InChI=1S/C23H21ClN2O5/c1-3-6-16-9-15(11-20(30-4-2)22(16)31-14-21(27)28)10-17(13-25)23(29)26-19-8-5-7-18(24)12-19/h3,5,7-12H,1,4,6,14H2,2H3,(H,26,29)(H,27,28)/b17-10+. The third kappa shape index (κ3) is 6.91. The second-order valence-corrected chi connectivity index (χ2v) is 6.69. The predicted molar refractivity (Wildman–Crippen MR) is 118 cm³/mol. The fourth-order valence-electron chi connectivity index (χ4n) is 2.71. The van der Waals surface area contributed by atoms with E-state index in [9.17, 15) is 14.9 Å². The maximum atomic E-state index is 12.5. The van der Waals surface area contributed by atoms with Crippen LogP contribution in [-0.4, -0.2) is 30.2 Å². The summed E-state index contributed by atoms with van der Waals surface area (Å²) in [5.41, 5.74) is 1.45. The van der Waals surface area contributed by atoms with E-state index in [-0.39, 0.29) is 11.3 Å². The number of allylic oxidation sites excluding steroid dienone is 1. The van der Waals surface area contributed by atoms with Gasteiger partial charge in [-0.05, 0) is 55.3 Å². The maximum Gasteiger partial charge on any atom is 0.341 e. The monoisotopic (exact) mass is 440 g/mol. The Bertz CT molecular complexity index is 1060. The lowest BCUT2D eigenvalue weighted by Crippen LogP contribution is -2.13. The van der Waals surface area contributed by atoms with Gasteiger partial charge in [-0.1, -0.05) is 23.7 Å². The van der Waals surface area contributed by atoms with Gasteiger partial charge in [-0.25, -0.2) is 4.79 Å². The first kappa shape index (κ1) is 23.5. The molecule has 0 unspecified atom stereocenters. The summed E-state index contributed by atoms with van der Waals surface area (Å²) in [6.45, 7) is 5.25. The van der Waals surface area contributed by atoms with Gasteiger partial charge in [-0.3, -0.25) is 4.79 Å². The molecule has 2 aromatic rings. The first-order valence-corrected chi connectivity index (χ1v) is 9.69. The molecule has 0 aliphatic carbocycles. The number of benzene rings is 2. The fraction of sp³-hybridized carbons (Fsp3) is 0.174. The van der Waals surface area contributed by atoms with Gasteiger partial charge in [-0.2, -0.15) is 5.26 Å². The van der Waals surface area contributed by atoms with Crippen LogP contribution in [0.4, 0.5) is 5.69 Å². The van der Waals surface area contributed by atoms with Gasteiger partial charge >= 0.3 is 5.97 Å². The molecule has 0 atom stereocenters. The molecule has 0 aromatic heterocycles. The van der Waals surface area contributed by atoms with Crippen molar-refractivity contribution < 1.29 is 24.2 Å². The van der Waals surface area contributed by atoms with E-state index in [0.29, 0.717) is 40.6 Å². The Labute approximate surface area is 185 Å². The predicted octanol–water partition coefficient (Wildman–Crippen LogP) is 4.48. The summed E-state index contributed by atoms with van der Waals surface area (Å²) >= 11 is 5.92. The lowest BCUT2D eigenvalue weighted by molar-refractivity contribution is -0.139. The van der Waals surface area contributed by atoms with Crippen molar-refractivity contribution >= 4 is 35.2 Å². The minimum absolute atomic E-state index is 0.133. The van der Waals surface area contributed by atoms with Crippen molar-refractivity contribution in [1.82, 2.24) is 0 Å². The number of ether oxygens (including phenoxy) is 2. The van der Waals surface area contributed by atoms with Crippen molar-refractivity contribution in [1.29, 1.82) is 5.26 Å². The largest absolute Gasteiger partial charge is 0.490 e. The Morgan fingerprint density at radius 2 is 2.06 bits per heavy atom. The molecule has 0 bridgehead atoms. The molecule has 2 rings (SSSR count). The minimum Gasteiger partial charge on any atom is -0.490 e. The van der Waals surface area contributed by atoms with Crippen LogP contribution in [-0.2, 0) is 16.0 Å². The Hall–Kier alpha value is -3.76. The highest BCUT2D eigenvalue weighted by Gasteiger charge is 2.16. The summed E-state index contributed by atoms with van der Waals surface area (Å²) in [6, 6.07) is 11.7. The fourth-order valence-corrected chi connectivity index (χ4v) is 2.90. The number of carbonyl (C=O) groups is 2. The molecule has 0 saturated carbocycles. The van der Waals surface area contributed by atoms with Crippen LogP contribution in [0.3, 0.4) is 0 Å². The first-order chi connectivity index (χ1) is 14.9.